The molecule has 0 aromatic rings. The molecule has 5 atom stereocenters. The Morgan fingerprint density at radius 2 is 2.12 bits per heavy atom. The molecule has 100 valence electrons. The topological polar surface area (TPSA) is 58.7 Å². The average Bonchev–Trinajstić information content (AvgIpc) is 2.70. The van der Waals surface area contributed by atoms with Crippen molar-refractivity contribution < 1.29 is 9.84 Å². The fraction of sp³-hybridized carbons (Fsp3) is 1.00. The first kappa shape index (κ1) is 13.3. The number of nitrogens with two attached hydrogens (primary N) is 1. The number of rotatable bonds is 2. The molecule has 2 aliphatic rings. The summed E-state index contributed by atoms with van der Waals surface area (Å²) in [6, 6.07) is 0.277. The van der Waals surface area contributed by atoms with Crippen LogP contribution in [0.25, 0.3) is 0 Å². The quantitative estimate of drug-likeness (QED) is 0.738. The maximum Gasteiger partial charge on any atom is 0.0953 e. The lowest BCUT2D eigenvalue weighted by Gasteiger charge is -2.34. The fourth-order valence-electron chi connectivity index (χ4n) is 2.90. The maximum absolute atomic E-state index is 10.00. The zero-order valence-corrected chi connectivity index (χ0v) is 11.4. The number of likely N-dealkylation sites (tertiary alicyclic amines) is 1. The minimum atomic E-state index is -0.350. The minimum absolute atomic E-state index is 0.103. The van der Waals surface area contributed by atoms with E-state index >= 15 is 0 Å². The van der Waals surface area contributed by atoms with Crippen LogP contribution in [0.2, 0.25) is 0 Å². The Bertz CT molecular complexity index is 277. The normalized spacial score (nSPS) is 40.6. The molecular formula is C13H26N2O2. The van der Waals surface area contributed by atoms with Gasteiger partial charge in [-0.25, -0.2) is 0 Å². The van der Waals surface area contributed by atoms with E-state index in [0.717, 1.165) is 13.1 Å². The summed E-state index contributed by atoms with van der Waals surface area (Å²) in [7, 11) is 0. The van der Waals surface area contributed by atoms with E-state index in [9.17, 15) is 5.11 Å². The van der Waals surface area contributed by atoms with Crippen molar-refractivity contribution in [2.45, 2.75) is 52.0 Å². The first-order chi connectivity index (χ1) is 7.80. The van der Waals surface area contributed by atoms with E-state index in [2.05, 4.69) is 32.6 Å². The minimum Gasteiger partial charge on any atom is -0.389 e. The van der Waals surface area contributed by atoms with Gasteiger partial charge in [0.05, 0.1) is 24.9 Å². The first-order valence-electron chi connectivity index (χ1n) is 6.60. The molecule has 3 N–H and O–H groups in total. The smallest absolute Gasteiger partial charge is 0.0953 e. The molecule has 4 heteroatoms. The monoisotopic (exact) mass is 242 g/mol. The summed E-state index contributed by atoms with van der Waals surface area (Å²) in [6.45, 7) is 11.0. The highest BCUT2D eigenvalue weighted by atomic mass is 16.5. The van der Waals surface area contributed by atoms with E-state index in [1.807, 2.05) is 0 Å². The van der Waals surface area contributed by atoms with Crippen molar-refractivity contribution in [1.82, 2.24) is 4.90 Å². The number of aliphatic hydroxyl groups is 1. The van der Waals surface area contributed by atoms with Crippen LogP contribution in [0, 0.1) is 11.3 Å². The summed E-state index contributed by atoms with van der Waals surface area (Å²) in [5.74, 6) is 0.490. The molecule has 2 saturated heterocycles. The lowest BCUT2D eigenvalue weighted by atomic mass is 9.87. The molecule has 17 heavy (non-hydrogen) atoms. The predicted octanol–water partition coefficient (Wildman–Crippen LogP) is 0.440. The van der Waals surface area contributed by atoms with Crippen LogP contribution in [0.3, 0.4) is 0 Å². The molecule has 0 saturated carbocycles. The van der Waals surface area contributed by atoms with Crippen LogP contribution < -0.4 is 5.73 Å². The van der Waals surface area contributed by atoms with Gasteiger partial charge in [-0.3, -0.25) is 4.90 Å². The van der Waals surface area contributed by atoms with Gasteiger partial charge in [0, 0.05) is 19.1 Å². The number of fused-ring (bicyclic) bond motifs is 1. The SMILES string of the molecule is C[C@@H]1CN(C[C@@H](N)C(C)(C)C)[C@H]2[C@@H]1OC[C@@H]2O. The Kier molecular flexibility index (Phi) is 3.51. The van der Waals surface area contributed by atoms with Gasteiger partial charge < -0.3 is 15.6 Å². The molecule has 2 fully saturated rings. The Labute approximate surface area is 104 Å². The molecule has 0 unspecified atom stereocenters. The van der Waals surface area contributed by atoms with Crippen LogP contribution in [0.5, 0.6) is 0 Å². The Morgan fingerprint density at radius 1 is 1.47 bits per heavy atom. The van der Waals surface area contributed by atoms with Gasteiger partial charge in [0.2, 0.25) is 0 Å². The second-order valence-electron chi connectivity index (χ2n) is 6.76. The van der Waals surface area contributed by atoms with Crippen molar-refractivity contribution in [3.63, 3.8) is 0 Å². The summed E-state index contributed by atoms with van der Waals surface area (Å²) < 4.78 is 5.67. The van der Waals surface area contributed by atoms with E-state index < -0.39 is 0 Å². The number of hydrogen-bond acceptors (Lipinski definition) is 4. The molecule has 0 radical (unpaired) electrons. The lowest BCUT2D eigenvalue weighted by molar-refractivity contribution is 0.0635. The molecule has 4 nitrogen and oxygen atoms in total. The summed E-state index contributed by atoms with van der Waals surface area (Å²) in [5, 5.41) is 10.00. The van der Waals surface area contributed by atoms with E-state index in [1.54, 1.807) is 0 Å². The third-order valence-electron chi connectivity index (χ3n) is 4.24. The van der Waals surface area contributed by atoms with Crippen LogP contribution in [-0.2, 0) is 4.74 Å². The predicted molar refractivity (Wildman–Crippen MR) is 67.7 cm³/mol. The van der Waals surface area contributed by atoms with E-state index in [4.69, 9.17) is 10.5 Å². The number of hydrogen-bond donors (Lipinski definition) is 2. The zero-order valence-electron chi connectivity index (χ0n) is 11.4. The molecule has 2 heterocycles. The first-order valence-corrected chi connectivity index (χ1v) is 6.60. The molecule has 0 aromatic heterocycles. The van der Waals surface area contributed by atoms with E-state index in [-0.39, 0.29) is 29.7 Å². The summed E-state index contributed by atoms with van der Waals surface area (Å²) >= 11 is 0. The lowest BCUT2D eigenvalue weighted by Crippen LogP contribution is -2.50. The molecule has 0 bridgehead atoms. The van der Waals surface area contributed by atoms with Crippen LogP contribution in [-0.4, -0.2) is 54.0 Å². The van der Waals surface area contributed by atoms with Crippen molar-refractivity contribution in [2.75, 3.05) is 19.7 Å². The van der Waals surface area contributed by atoms with Gasteiger partial charge in [0.15, 0.2) is 0 Å². The molecule has 0 spiro atoms. The molecular weight excluding hydrogens is 216 g/mol. The number of ether oxygens (including phenoxy) is 1. The van der Waals surface area contributed by atoms with Gasteiger partial charge in [-0.15, -0.1) is 0 Å². The van der Waals surface area contributed by atoms with Gasteiger partial charge in [-0.1, -0.05) is 27.7 Å². The van der Waals surface area contributed by atoms with E-state index in [1.165, 1.54) is 0 Å². The third-order valence-corrected chi connectivity index (χ3v) is 4.24. The number of aliphatic hydroxyl groups excluding tert-OH is 1. The third kappa shape index (κ3) is 2.50. The van der Waals surface area contributed by atoms with Crippen molar-refractivity contribution in [3.8, 4) is 0 Å². The van der Waals surface area contributed by atoms with Gasteiger partial charge in [0.25, 0.3) is 0 Å². The average molecular weight is 242 g/mol. The number of nitrogens with zero attached hydrogens (tertiary/aromatic N) is 1. The van der Waals surface area contributed by atoms with Crippen LogP contribution in [0.15, 0.2) is 0 Å². The highest BCUT2D eigenvalue weighted by Gasteiger charge is 2.49. The van der Waals surface area contributed by atoms with Gasteiger partial charge in [0.1, 0.15) is 0 Å². The standard InChI is InChI=1S/C13H26N2O2/c1-8-5-15(6-10(14)13(2,3)4)11-9(16)7-17-12(8)11/h8-12,16H,5-7,14H2,1-4H3/t8-,9+,10-,11-,12-/m1/s1. The summed E-state index contributed by atoms with van der Waals surface area (Å²) in [5.41, 5.74) is 6.34. The van der Waals surface area contributed by atoms with Gasteiger partial charge in [-0.05, 0) is 11.3 Å². The molecule has 0 aromatic carbocycles. The molecule has 0 aliphatic carbocycles. The Balaban J connectivity index is 2.02. The summed E-state index contributed by atoms with van der Waals surface area (Å²) in [4.78, 5) is 2.32. The molecule has 0 amide bonds. The van der Waals surface area contributed by atoms with Gasteiger partial charge >= 0.3 is 0 Å². The fourth-order valence-corrected chi connectivity index (χ4v) is 2.90. The van der Waals surface area contributed by atoms with Crippen molar-refractivity contribution in [3.05, 3.63) is 0 Å². The second kappa shape index (κ2) is 4.50. The zero-order chi connectivity index (χ0) is 12.8. The Morgan fingerprint density at radius 3 is 2.71 bits per heavy atom. The highest BCUT2D eigenvalue weighted by molar-refractivity contribution is 5.01. The van der Waals surface area contributed by atoms with Crippen LogP contribution in [0.1, 0.15) is 27.7 Å². The Hall–Kier alpha value is -0.160. The summed E-state index contributed by atoms with van der Waals surface area (Å²) in [6.07, 6.45) is -0.158. The van der Waals surface area contributed by atoms with E-state index in [0.29, 0.717) is 12.5 Å². The van der Waals surface area contributed by atoms with Gasteiger partial charge in [-0.2, -0.15) is 0 Å². The largest absolute Gasteiger partial charge is 0.389 e. The molecule has 2 aliphatic heterocycles. The van der Waals surface area contributed by atoms with Crippen molar-refractivity contribution >= 4 is 0 Å². The van der Waals surface area contributed by atoms with Crippen LogP contribution in [0.4, 0.5) is 0 Å². The maximum atomic E-state index is 10.00. The molecule has 2 rings (SSSR count). The van der Waals surface area contributed by atoms with Crippen molar-refractivity contribution in [1.29, 1.82) is 0 Å². The van der Waals surface area contributed by atoms with Crippen molar-refractivity contribution in [2.24, 2.45) is 17.1 Å². The highest BCUT2D eigenvalue weighted by Crippen LogP contribution is 2.34. The second-order valence-corrected chi connectivity index (χ2v) is 6.76. The van der Waals surface area contributed by atoms with Crippen LogP contribution >= 0.6 is 0 Å².